The number of hydrogen-bond acceptors (Lipinski definition) is 11. The molecular weight excluding hydrogens is 807 g/mol. The summed E-state index contributed by atoms with van der Waals surface area (Å²) in [6.07, 6.45) is 18.4. The second-order valence-electron chi connectivity index (χ2n) is 15.2. The molecule has 3 aromatic carbocycles. The molecule has 0 unspecified atom stereocenters. The smallest absolute Gasteiger partial charge is 0.330 e. The van der Waals surface area contributed by atoms with Crippen LogP contribution in [0.15, 0.2) is 129 Å². The van der Waals surface area contributed by atoms with Gasteiger partial charge in [-0.15, -0.1) is 0 Å². The maximum absolute atomic E-state index is 11.1. The van der Waals surface area contributed by atoms with Gasteiger partial charge in [-0.25, -0.2) is 9.59 Å². The molecule has 0 atom stereocenters. The predicted molar refractivity (Wildman–Crippen MR) is 248 cm³/mol. The van der Waals surface area contributed by atoms with Gasteiger partial charge in [0.2, 0.25) is 0 Å². The van der Waals surface area contributed by atoms with Crippen molar-refractivity contribution in [1.82, 2.24) is 9.97 Å². The molecule has 0 spiro atoms. The molecule has 11 nitrogen and oxygen atoms in total. The minimum Gasteiger partial charge on any atom is -0.494 e. The fourth-order valence-electron chi connectivity index (χ4n) is 6.60. The number of hydrogen-bond donors (Lipinski definition) is 0. The number of ether oxygens (including phenoxy) is 6. The van der Waals surface area contributed by atoms with E-state index in [0.29, 0.717) is 43.5 Å². The summed E-state index contributed by atoms with van der Waals surface area (Å²) in [5, 5.41) is 9.57. The van der Waals surface area contributed by atoms with Crippen molar-refractivity contribution >= 4 is 11.9 Å². The van der Waals surface area contributed by atoms with Crippen molar-refractivity contribution in [2.24, 2.45) is 0 Å². The Balaban J connectivity index is 0.999. The van der Waals surface area contributed by atoms with E-state index >= 15 is 0 Å². The summed E-state index contributed by atoms with van der Waals surface area (Å²) in [6, 6.07) is 31.1. The number of esters is 2. The van der Waals surface area contributed by atoms with Crippen LogP contribution in [0.1, 0.15) is 93.7 Å². The van der Waals surface area contributed by atoms with Gasteiger partial charge in [-0.1, -0.05) is 76.7 Å². The normalized spacial score (nSPS) is 10.6. The molecule has 0 aliphatic carbocycles. The highest BCUT2D eigenvalue weighted by atomic mass is 16.5. The maximum Gasteiger partial charge on any atom is 0.330 e. The predicted octanol–water partition coefficient (Wildman–Crippen LogP) is 11.7. The van der Waals surface area contributed by atoms with Crippen molar-refractivity contribution in [2.45, 2.75) is 90.3 Å². The quantitative estimate of drug-likeness (QED) is 0.0247. The van der Waals surface area contributed by atoms with Gasteiger partial charge in [0, 0.05) is 52.9 Å². The molecular formula is C53H59N3O8. The van der Waals surface area contributed by atoms with Gasteiger partial charge in [-0.2, -0.15) is 5.26 Å². The van der Waals surface area contributed by atoms with E-state index in [4.69, 9.17) is 28.4 Å². The second-order valence-corrected chi connectivity index (χ2v) is 15.2. The molecule has 0 N–H and O–H groups in total. The third-order valence-corrected chi connectivity index (χ3v) is 10.2. The Morgan fingerprint density at radius 3 is 1.33 bits per heavy atom. The SMILES string of the molecule is C=CC(=O)OCCCCCCCCOc1ccc(-c2ccc(COc3ccc(C#N)cc3OCc3ccc(-c4ccc(OCCCCCCCCOC(=O)C=C)cc4)nc3)cn2)cc1. The topological polar surface area (TPSA) is 139 Å². The molecule has 5 aromatic rings. The van der Waals surface area contributed by atoms with Gasteiger partial charge < -0.3 is 28.4 Å². The van der Waals surface area contributed by atoms with E-state index in [1.165, 1.54) is 12.2 Å². The first-order chi connectivity index (χ1) is 31.4. The van der Waals surface area contributed by atoms with E-state index in [1.54, 1.807) is 30.6 Å². The van der Waals surface area contributed by atoms with Crippen LogP contribution in [-0.2, 0) is 32.3 Å². The zero-order valence-electron chi connectivity index (χ0n) is 36.7. The van der Waals surface area contributed by atoms with Crippen molar-refractivity contribution in [3.8, 4) is 51.6 Å². The van der Waals surface area contributed by atoms with Crippen LogP contribution in [0.4, 0.5) is 0 Å². The zero-order chi connectivity index (χ0) is 45.0. The molecule has 0 aliphatic heterocycles. The van der Waals surface area contributed by atoms with Gasteiger partial charge in [0.25, 0.3) is 0 Å². The van der Waals surface area contributed by atoms with E-state index in [9.17, 15) is 14.9 Å². The molecule has 0 bridgehead atoms. The molecule has 11 heteroatoms. The Kier molecular flexibility index (Phi) is 21.0. The van der Waals surface area contributed by atoms with Gasteiger partial charge in [-0.3, -0.25) is 9.97 Å². The number of carbonyl (C=O) groups excluding carboxylic acids is 2. The molecule has 64 heavy (non-hydrogen) atoms. The summed E-state index contributed by atoms with van der Waals surface area (Å²) in [4.78, 5) is 31.5. The summed E-state index contributed by atoms with van der Waals surface area (Å²) in [5.74, 6) is 1.92. The van der Waals surface area contributed by atoms with Crippen LogP contribution in [0, 0.1) is 11.3 Å². The molecule has 5 rings (SSSR count). The third kappa shape index (κ3) is 17.4. The van der Waals surface area contributed by atoms with E-state index in [-0.39, 0.29) is 25.2 Å². The van der Waals surface area contributed by atoms with Crippen molar-refractivity contribution in [1.29, 1.82) is 5.26 Å². The molecule has 0 amide bonds. The van der Waals surface area contributed by atoms with Crippen LogP contribution in [0.3, 0.4) is 0 Å². The number of nitriles is 1. The van der Waals surface area contributed by atoms with Crippen LogP contribution in [0.5, 0.6) is 23.0 Å². The number of carbonyl (C=O) groups is 2. The minimum absolute atomic E-state index is 0.246. The van der Waals surface area contributed by atoms with E-state index in [0.717, 1.165) is 122 Å². The summed E-state index contributed by atoms with van der Waals surface area (Å²) in [7, 11) is 0. The highest BCUT2D eigenvalue weighted by Gasteiger charge is 2.10. The van der Waals surface area contributed by atoms with Gasteiger partial charge in [-0.05, 0) is 98.5 Å². The lowest BCUT2D eigenvalue weighted by molar-refractivity contribution is -0.138. The zero-order valence-corrected chi connectivity index (χ0v) is 36.7. The van der Waals surface area contributed by atoms with Crippen LogP contribution in [-0.4, -0.2) is 48.3 Å². The maximum atomic E-state index is 11.1. The molecule has 0 radical (unpaired) electrons. The minimum atomic E-state index is -0.362. The first-order valence-electron chi connectivity index (χ1n) is 22.2. The molecule has 2 aromatic heterocycles. The number of aromatic nitrogens is 2. The number of unbranched alkanes of at least 4 members (excludes halogenated alkanes) is 10. The Morgan fingerprint density at radius 1 is 0.500 bits per heavy atom. The van der Waals surface area contributed by atoms with E-state index in [2.05, 4.69) is 29.2 Å². The van der Waals surface area contributed by atoms with Crippen molar-refractivity contribution in [3.05, 3.63) is 145 Å². The summed E-state index contributed by atoms with van der Waals surface area (Å²) in [5.41, 5.74) is 5.88. The Hall–Kier alpha value is -6.93. The third-order valence-electron chi connectivity index (χ3n) is 10.2. The van der Waals surface area contributed by atoms with Gasteiger partial charge in [0.1, 0.15) is 24.7 Å². The molecule has 0 saturated carbocycles. The van der Waals surface area contributed by atoms with Crippen LogP contribution in [0.2, 0.25) is 0 Å². The average Bonchev–Trinajstić information content (AvgIpc) is 3.34. The number of pyridine rings is 2. The number of benzene rings is 3. The van der Waals surface area contributed by atoms with Gasteiger partial charge in [0.05, 0.1) is 49.4 Å². The van der Waals surface area contributed by atoms with Crippen LogP contribution >= 0.6 is 0 Å². The first kappa shape index (κ1) is 48.1. The monoisotopic (exact) mass is 865 g/mol. The first-order valence-corrected chi connectivity index (χ1v) is 22.2. The fourth-order valence-corrected chi connectivity index (χ4v) is 6.60. The summed E-state index contributed by atoms with van der Waals surface area (Å²) in [6.45, 7) is 9.54. The Morgan fingerprint density at radius 2 is 0.922 bits per heavy atom. The fraction of sp³-hybridized carbons (Fsp3) is 0.340. The highest BCUT2D eigenvalue weighted by Crippen LogP contribution is 2.31. The lowest BCUT2D eigenvalue weighted by Crippen LogP contribution is -2.02. The van der Waals surface area contributed by atoms with Crippen molar-refractivity contribution < 1.29 is 38.0 Å². The van der Waals surface area contributed by atoms with Crippen molar-refractivity contribution in [2.75, 3.05) is 26.4 Å². The lowest BCUT2D eigenvalue weighted by atomic mass is 10.1. The second kappa shape index (κ2) is 27.9. The standard InChI is InChI=1S/C53H59N3O8/c1-3-52(57)61-33-15-11-7-5-9-13-31-59-46-24-20-44(21-25-46)48-28-17-42(37-55-48)39-63-50-30-19-41(36-54)35-51(50)64-40-43-18-29-49(56-38-43)45-22-26-47(27-23-45)60-32-14-10-6-8-12-16-34-62-53(58)4-2/h3-4,17-30,35,37-38H,1-2,5-16,31-34,39-40H2. The van der Waals surface area contributed by atoms with Crippen molar-refractivity contribution in [3.63, 3.8) is 0 Å². The average molecular weight is 866 g/mol. The number of nitrogens with zero attached hydrogens (tertiary/aromatic N) is 3. The summed E-state index contributed by atoms with van der Waals surface area (Å²) < 4.78 is 34.2. The highest BCUT2D eigenvalue weighted by molar-refractivity contribution is 5.81. The largest absolute Gasteiger partial charge is 0.494 e. The van der Waals surface area contributed by atoms with Crippen LogP contribution < -0.4 is 18.9 Å². The van der Waals surface area contributed by atoms with Crippen LogP contribution in [0.25, 0.3) is 22.5 Å². The summed E-state index contributed by atoms with van der Waals surface area (Å²) >= 11 is 0. The van der Waals surface area contributed by atoms with Gasteiger partial charge in [0.15, 0.2) is 11.5 Å². The Labute approximate surface area is 377 Å². The molecule has 2 heterocycles. The lowest BCUT2D eigenvalue weighted by Gasteiger charge is -2.14. The van der Waals surface area contributed by atoms with E-state index < -0.39 is 0 Å². The van der Waals surface area contributed by atoms with Gasteiger partial charge >= 0.3 is 11.9 Å². The van der Waals surface area contributed by atoms with E-state index in [1.807, 2.05) is 72.8 Å². The molecule has 0 saturated heterocycles. The molecule has 0 aliphatic rings. The number of rotatable bonds is 30. The molecule has 334 valence electrons. The Bertz CT molecular complexity index is 2220. The molecule has 0 fully saturated rings.